The summed E-state index contributed by atoms with van der Waals surface area (Å²) in [6.07, 6.45) is 5.28. The summed E-state index contributed by atoms with van der Waals surface area (Å²) in [4.78, 5) is 5.02. The van der Waals surface area contributed by atoms with Crippen molar-refractivity contribution in [2.45, 2.75) is 37.8 Å². The topological polar surface area (TPSA) is 32.5 Å². The molecular weight excluding hydrogens is 174 g/mol. The van der Waals surface area contributed by atoms with Gasteiger partial charge in [0.25, 0.3) is 0 Å². The second-order valence-corrected chi connectivity index (χ2v) is 4.85. The first kappa shape index (κ1) is 10.4. The molecule has 1 saturated carbocycles. The van der Waals surface area contributed by atoms with Crippen LogP contribution < -0.4 is 5.73 Å². The van der Waals surface area contributed by atoms with Gasteiger partial charge in [-0.3, -0.25) is 4.90 Å². The molecule has 2 aliphatic rings. The van der Waals surface area contributed by atoms with Crippen LogP contribution in [0.3, 0.4) is 0 Å². The van der Waals surface area contributed by atoms with Crippen molar-refractivity contribution in [3.63, 3.8) is 0 Å². The van der Waals surface area contributed by atoms with Crippen LogP contribution in [0.2, 0.25) is 0 Å². The zero-order valence-corrected chi connectivity index (χ0v) is 9.28. The summed E-state index contributed by atoms with van der Waals surface area (Å²) in [7, 11) is 2.21. The summed E-state index contributed by atoms with van der Waals surface area (Å²) in [5.41, 5.74) is 6.19. The minimum atomic E-state index is 0.437. The number of hydrogen-bond donors (Lipinski definition) is 1. The molecule has 0 aromatic heterocycles. The Balaban J connectivity index is 1.87. The van der Waals surface area contributed by atoms with Crippen molar-refractivity contribution < 1.29 is 0 Å². The van der Waals surface area contributed by atoms with Gasteiger partial charge < -0.3 is 10.6 Å². The lowest BCUT2D eigenvalue weighted by atomic mass is 9.89. The molecule has 0 radical (unpaired) electrons. The van der Waals surface area contributed by atoms with Crippen molar-refractivity contribution in [1.82, 2.24) is 9.80 Å². The van der Waals surface area contributed by atoms with Crippen LogP contribution in [0.5, 0.6) is 0 Å². The summed E-state index contributed by atoms with van der Waals surface area (Å²) in [5.74, 6) is 0. The maximum atomic E-state index is 6.19. The largest absolute Gasteiger partial charge is 0.326 e. The Kier molecular flexibility index (Phi) is 3.42. The van der Waals surface area contributed by atoms with Crippen LogP contribution in [-0.4, -0.2) is 55.1 Å². The van der Waals surface area contributed by atoms with Crippen molar-refractivity contribution in [2.75, 3.05) is 33.2 Å². The molecule has 3 nitrogen and oxygen atoms in total. The Labute approximate surface area is 87.2 Å². The fourth-order valence-electron chi connectivity index (χ4n) is 2.75. The number of likely N-dealkylation sites (N-methyl/N-ethyl adjacent to an activating group) is 1. The maximum Gasteiger partial charge on any atom is 0.0248 e. The molecule has 1 aliphatic carbocycles. The van der Waals surface area contributed by atoms with E-state index in [0.717, 1.165) is 0 Å². The molecule has 2 rings (SSSR count). The lowest BCUT2D eigenvalue weighted by Crippen LogP contribution is -2.55. The van der Waals surface area contributed by atoms with Crippen LogP contribution >= 0.6 is 0 Å². The van der Waals surface area contributed by atoms with E-state index in [1.807, 2.05) is 0 Å². The van der Waals surface area contributed by atoms with Crippen molar-refractivity contribution in [3.8, 4) is 0 Å². The van der Waals surface area contributed by atoms with Crippen LogP contribution in [0.4, 0.5) is 0 Å². The predicted molar refractivity (Wildman–Crippen MR) is 59.3 cm³/mol. The van der Waals surface area contributed by atoms with E-state index in [2.05, 4.69) is 16.8 Å². The highest BCUT2D eigenvalue weighted by Crippen LogP contribution is 2.22. The molecular formula is C11H23N3. The van der Waals surface area contributed by atoms with Crippen LogP contribution in [-0.2, 0) is 0 Å². The van der Waals surface area contributed by atoms with E-state index in [4.69, 9.17) is 5.73 Å². The van der Waals surface area contributed by atoms with E-state index < -0.39 is 0 Å². The number of rotatable bonds is 1. The second kappa shape index (κ2) is 4.60. The lowest BCUT2D eigenvalue weighted by Gasteiger charge is -2.42. The van der Waals surface area contributed by atoms with Gasteiger partial charge >= 0.3 is 0 Å². The van der Waals surface area contributed by atoms with Crippen LogP contribution in [0.1, 0.15) is 25.7 Å². The third-order valence-corrected chi connectivity index (χ3v) is 3.79. The molecule has 2 fully saturated rings. The summed E-state index contributed by atoms with van der Waals surface area (Å²) in [6, 6.07) is 1.12. The van der Waals surface area contributed by atoms with Crippen LogP contribution in [0.25, 0.3) is 0 Å². The predicted octanol–water partition coefficient (Wildman–Crippen LogP) is 0.504. The normalized spacial score (nSPS) is 37.3. The van der Waals surface area contributed by atoms with E-state index in [-0.39, 0.29) is 0 Å². The molecule has 2 unspecified atom stereocenters. The van der Waals surface area contributed by atoms with Gasteiger partial charge in [-0.25, -0.2) is 0 Å². The van der Waals surface area contributed by atoms with Crippen LogP contribution in [0, 0.1) is 0 Å². The molecule has 1 saturated heterocycles. The Morgan fingerprint density at radius 1 is 1.00 bits per heavy atom. The van der Waals surface area contributed by atoms with E-state index >= 15 is 0 Å². The van der Waals surface area contributed by atoms with Gasteiger partial charge in [0.05, 0.1) is 0 Å². The average Bonchev–Trinajstić information content (AvgIpc) is 2.20. The summed E-state index contributed by atoms with van der Waals surface area (Å²) >= 11 is 0. The van der Waals surface area contributed by atoms with Crippen molar-refractivity contribution >= 4 is 0 Å². The average molecular weight is 197 g/mol. The molecule has 0 aromatic carbocycles. The van der Waals surface area contributed by atoms with E-state index in [1.54, 1.807) is 0 Å². The van der Waals surface area contributed by atoms with Gasteiger partial charge in [-0.05, 0) is 19.9 Å². The molecule has 2 N–H and O–H groups in total. The van der Waals surface area contributed by atoms with Gasteiger partial charge in [0.2, 0.25) is 0 Å². The summed E-state index contributed by atoms with van der Waals surface area (Å²) in [5, 5.41) is 0. The molecule has 1 aliphatic heterocycles. The highest BCUT2D eigenvalue weighted by molar-refractivity contribution is 4.87. The Morgan fingerprint density at radius 2 is 1.64 bits per heavy atom. The van der Waals surface area contributed by atoms with E-state index in [1.165, 1.54) is 51.9 Å². The minimum absolute atomic E-state index is 0.437. The van der Waals surface area contributed by atoms with E-state index in [0.29, 0.717) is 12.1 Å². The fraction of sp³-hybridized carbons (Fsp3) is 1.00. The van der Waals surface area contributed by atoms with Gasteiger partial charge in [0.15, 0.2) is 0 Å². The van der Waals surface area contributed by atoms with Crippen LogP contribution in [0.15, 0.2) is 0 Å². The Hall–Kier alpha value is -0.120. The third-order valence-electron chi connectivity index (χ3n) is 3.79. The highest BCUT2D eigenvalue weighted by Gasteiger charge is 2.28. The first-order valence-electron chi connectivity index (χ1n) is 5.95. The summed E-state index contributed by atoms with van der Waals surface area (Å²) < 4.78 is 0. The molecule has 1 heterocycles. The van der Waals surface area contributed by atoms with Gasteiger partial charge in [-0.15, -0.1) is 0 Å². The molecule has 3 heteroatoms. The molecule has 2 atom stereocenters. The fourth-order valence-corrected chi connectivity index (χ4v) is 2.75. The van der Waals surface area contributed by atoms with Gasteiger partial charge in [-0.1, -0.05) is 12.8 Å². The van der Waals surface area contributed by atoms with E-state index in [9.17, 15) is 0 Å². The van der Waals surface area contributed by atoms with Crippen molar-refractivity contribution in [3.05, 3.63) is 0 Å². The zero-order chi connectivity index (χ0) is 9.97. The van der Waals surface area contributed by atoms with Crippen molar-refractivity contribution in [2.24, 2.45) is 5.73 Å². The quantitative estimate of drug-likeness (QED) is 0.664. The molecule has 0 bridgehead atoms. The van der Waals surface area contributed by atoms with Gasteiger partial charge in [0, 0.05) is 38.3 Å². The zero-order valence-electron chi connectivity index (χ0n) is 9.28. The van der Waals surface area contributed by atoms with Gasteiger partial charge in [0.1, 0.15) is 0 Å². The molecule has 0 amide bonds. The molecule has 14 heavy (non-hydrogen) atoms. The monoisotopic (exact) mass is 197 g/mol. The third kappa shape index (κ3) is 2.27. The number of piperazine rings is 1. The number of nitrogens with zero attached hydrogens (tertiary/aromatic N) is 2. The number of nitrogens with two attached hydrogens (primary N) is 1. The standard InChI is InChI=1S/C11H23N3/c1-13-6-8-14(9-7-13)11-5-3-2-4-10(11)12/h10-11H,2-9,12H2,1H3. The Bertz CT molecular complexity index is 175. The molecule has 0 aromatic rings. The van der Waals surface area contributed by atoms with Gasteiger partial charge in [-0.2, -0.15) is 0 Å². The molecule has 0 spiro atoms. The molecule has 82 valence electrons. The lowest BCUT2D eigenvalue weighted by molar-refractivity contribution is 0.0804. The second-order valence-electron chi connectivity index (χ2n) is 4.85. The Morgan fingerprint density at radius 3 is 2.29 bits per heavy atom. The smallest absolute Gasteiger partial charge is 0.0248 e. The first-order valence-corrected chi connectivity index (χ1v) is 5.95. The SMILES string of the molecule is CN1CCN(C2CCCCC2N)CC1. The number of hydrogen-bond acceptors (Lipinski definition) is 3. The van der Waals surface area contributed by atoms with Crippen molar-refractivity contribution in [1.29, 1.82) is 0 Å². The maximum absolute atomic E-state index is 6.19. The minimum Gasteiger partial charge on any atom is -0.326 e. The first-order chi connectivity index (χ1) is 6.77. The summed E-state index contributed by atoms with van der Waals surface area (Å²) in [6.45, 7) is 4.86. The highest BCUT2D eigenvalue weighted by atomic mass is 15.3.